The molecule has 0 fully saturated rings. The number of thiol groups is 2. The van der Waals surface area contributed by atoms with E-state index in [4.69, 9.17) is 5.73 Å². The van der Waals surface area contributed by atoms with Crippen LogP contribution in [0.5, 0.6) is 0 Å². The highest BCUT2D eigenvalue weighted by atomic mass is 32.1. The second kappa shape index (κ2) is 8.58. The van der Waals surface area contributed by atoms with E-state index in [-0.39, 0.29) is 5.69 Å². The van der Waals surface area contributed by atoms with Crippen LogP contribution < -0.4 is 5.73 Å². The molecule has 0 radical (unpaired) electrons. The minimum Gasteiger partial charge on any atom is -0.398 e. The van der Waals surface area contributed by atoms with E-state index in [1.807, 2.05) is 24.3 Å². The van der Waals surface area contributed by atoms with Gasteiger partial charge >= 0.3 is 0 Å². The van der Waals surface area contributed by atoms with Gasteiger partial charge in [0.15, 0.2) is 0 Å². The molecule has 3 aromatic carbocycles. The van der Waals surface area contributed by atoms with Gasteiger partial charge < -0.3 is 5.73 Å². The van der Waals surface area contributed by atoms with Crippen LogP contribution in [-0.2, 0) is 0 Å². The van der Waals surface area contributed by atoms with Crippen molar-refractivity contribution < 1.29 is 4.92 Å². The zero-order chi connectivity index (χ0) is 20.1. The van der Waals surface area contributed by atoms with Crippen molar-refractivity contribution in [2.75, 3.05) is 5.73 Å². The van der Waals surface area contributed by atoms with Crippen molar-refractivity contribution in [1.29, 1.82) is 0 Å². The van der Waals surface area contributed by atoms with Crippen LogP contribution in [0, 0.1) is 33.8 Å². The molecule has 0 amide bonds. The number of hydrogen-bond donors (Lipinski definition) is 3. The number of benzene rings is 3. The van der Waals surface area contributed by atoms with Crippen molar-refractivity contribution in [2.24, 2.45) is 0 Å². The summed E-state index contributed by atoms with van der Waals surface area (Å²) >= 11 is 8.37. The number of anilines is 1. The van der Waals surface area contributed by atoms with Crippen LogP contribution >= 0.6 is 25.3 Å². The fraction of sp³-hybridized carbons (Fsp3) is 0. The van der Waals surface area contributed by atoms with Crippen molar-refractivity contribution in [3.8, 4) is 23.7 Å². The van der Waals surface area contributed by atoms with Gasteiger partial charge in [-0.15, -0.1) is 25.3 Å². The van der Waals surface area contributed by atoms with Crippen molar-refractivity contribution >= 4 is 36.6 Å². The highest BCUT2D eigenvalue weighted by molar-refractivity contribution is 7.80. The minimum absolute atomic E-state index is 0.0808. The molecule has 3 aromatic rings. The van der Waals surface area contributed by atoms with E-state index in [0.29, 0.717) is 27.3 Å². The highest BCUT2D eigenvalue weighted by Gasteiger charge is 2.11. The Bertz CT molecular complexity index is 1180. The van der Waals surface area contributed by atoms with Gasteiger partial charge in [0.05, 0.1) is 4.92 Å². The van der Waals surface area contributed by atoms with Crippen LogP contribution in [0.4, 0.5) is 11.4 Å². The fourth-order valence-electron chi connectivity index (χ4n) is 2.35. The molecule has 0 unspecified atom stereocenters. The Labute approximate surface area is 173 Å². The van der Waals surface area contributed by atoms with Crippen molar-refractivity contribution in [3.63, 3.8) is 0 Å². The van der Waals surface area contributed by atoms with E-state index in [0.717, 1.165) is 10.5 Å². The molecule has 0 aliphatic rings. The number of nitrogen functional groups attached to an aromatic ring is 1. The lowest BCUT2D eigenvalue weighted by molar-refractivity contribution is -0.385. The number of nitro benzene ring substituents is 1. The van der Waals surface area contributed by atoms with E-state index < -0.39 is 4.92 Å². The Morgan fingerprint density at radius 3 is 2.00 bits per heavy atom. The third kappa shape index (κ3) is 4.89. The van der Waals surface area contributed by atoms with Gasteiger partial charge in [0.1, 0.15) is 5.56 Å². The highest BCUT2D eigenvalue weighted by Crippen LogP contribution is 2.21. The normalized spacial score (nSPS) is 9.64. The molecule has 0 saturated carbocycles. The lowest BCUT2D eigenvalue weighted by atomic mass is 10.1. The van der Waals surface area contributed by atoms with Crippen molar-refractivity contribution in [1.82, 2.24) is 0 Å². The smallest absolute Gasteiger partial charge is 0.286 e. The molecule has 0 atom stereocenters. The standard InChI is InChI=1S/C22H14N2O2S2/c23-21-13-16(3-8-18-9-12-20(28)14-22(18)24(25)26)2-7-17(21)6-1-15-4-10-19(27)11-5-15/h2,4-5,7,9-14,27-28H,23H2. The largest absolute Gasteiger partial charge is 0.398 e. The van der Waals surface area contributed by atoms with Gasteiger partial charge in [0.25, 0.3) is 5.69 Å². The predicted molar refractivity (Wildman–Crippen MR) is 117 cm³/mol. The second-order valence-corrected chi connectivity index (χ2v) is 6.84. The van der Waals surface area contributed by atoms with Crippen LogP contribution in [0.2, 0.25) is 0 Å². The van der Waals surface area contributed by atoms with Crippen LogP contribution in [-0.4, -0.2) is 4.92 Å². The molecule has 4 nitrogen and oxygen atoms in total. The molecule has 3 rings (SSSR count). The van der Waals surface area contributed by atoms with Crippen LogP contribution in [0.3, 0.4) is 0 Å². The average molecular weight is 403 g/mol. The zero-order valence-corrected chi connectivity index (χ0v) is 16.3. The number of nitrogens with two attached hydrogens (primary N) is 1. The van der Waals surface area contributed by atoms with Gasteiger partial charge in [-0.1, -0.05) is 23.7 Å². The minimum atomic E-state index is -0.475. The lowest BCUT2D eigenvalue weighted by Crippen LogP contribution is -1.93. The summed E-state index contributed by atoms with van der Waals surface area (Å²) in [5.41, 5.74) is 9.00. The SMILES string of the molecule is Nc1cc(C#Cc2ccc(S)cc2[N+](=O)[O-])ccc1C#Cc1ccc(S)cc1. The third-order valence-electron chi connectivity index (χ3n) is 3.78. The van der Waals surface area contributed by atoms with Gasteiger partial charge in [0, 0.05) is 38.2 Å². The van der Waals surface area contributed by atoms with E-state index >= 15 is 0 Å². The summed E-state index contributed by atoms with van der Waals surface area (Å²) in [4.78, 5) is 12.1. The van der Waals surface area contributed by atoms with E-state index in [1.165, 1.54) is 6.07 Å². The molecule has 28 heavy (non-hydrogen) atoms. The Morgan fingerprint density at radius 2 is 1.32 bits per heavy atom. The number of nitro groups is 1. The Hall–Kier alpha value is -3.32. The summed E-state index contributed by atoms with van der Waals surface area (Å²) in [5.74, 6) is 11.8. The van der Waals surface area contributed by atoms with Gasteiger partial charge in [-0.2, -0.15) is 0 Å². The Kier molecular flexibility index (Phi) is 5.96. The van der Waals surface area contributed by atoms with Crippen LogP contribution in [0.1, 0.15) is 22.3 Å². The molecule has 0 saturated heterocycles. The Morgan fingerprint density at radius 1 is 0.750 bits per heavy atom. The first kappa shape index (κ1) is 19.4. The molecule has 0 aliphatic carbocycles. The summed E-state index contributed by atoms with van der Waals surface area (Å²) in [7, 11) is 0. The van der Waals surface area contributed by atoms with Gasteiger partial charge in [0.2, 0.25) is 0 Å². The van der Waals surface area contributed by atoms with Crippen molar-refractivity contribution in [3.05, 3.63) is 93.0 Å². The molecule has 2 N–H and O–H groups in total. The molecule has 0 heterocycles. The first-order valence-electron chi connectivity index (χ1n) is 8.12. The molecule has 0 aromatic heterocycles. The predicted octanol–water partition coefficient (Wildman–Crippen LogP) is 4.55. The lowest BCUT2D eigenvalue weighted by Gasteiger charge is -1.99. The summed E-state index contributed by atoms with van der Waals surface area (Å²) in [6, 6.07) is 17.4. The monoisotopic (exact) mass is 402 g/mol. The van der Waals surface area contributed by atoms with Crippen molar-refractivity contribution in [2.45, 2.75) is 9.79 Å². The quantitative estimate of drug-likeness (QED) is 0.184. The van der Waals surface area contributed by atoms with E-state index in [9.17, 15) is 10.1 Å². The molecule has 0 bridgehead atoms. The maximum Gasteiger partial charge on any atom is 0.286 e. The topological polar surface area (TPSA) is 69.2 Å². The average Bonchev–Trinajstić information content (AvgIpc) is 2.67. The van der Waals surface area contributed by atoms with Gasteiger partial charge in [-0.3, -0.25) is 10.1 Å². The zero-order valence-electron chi connectivity index (χ0n) is 14.5. The summed E-state index contributed by atoms with van der Waals surface area (Å²) < 4.78 is 0. The van der Waals surface area contributed by atoms with Crippen LogP contribution in [0.15, 0.2) is 70.5 Å². The van der Waals surface area contributed by atoms with E-state index in [2.05, 4.69) is 48.9 Å². The number of nitrogens with zero attached hydrogens (tertiary/aromatic N) is 1. The molecular weight excluding hydrogens is 388 g/mol. The summed E-state index contributed by atoms with van der Waals surface area (Å²) in [6.45, 7) is 0. The molecule has 136 valence electrons. The summed E-state index contributed by atoms with van der Waals surface area (Å²) in [6.07, 6.45) is 0. The van der Waals surface area contributed by atoms with Gasteiger partial charge in [-0.05, 0) is 54.6 Å². The van der Waals surface area contributed by atoms with Gasteiger partial charge in [-0.25, -0.2) is 0 Å². The molecular formula is C22H14N2O2S2. The molecule has 0 aliphatic heterocycles. The second-order valence-electron chi connectivity index (χ2n) is 5.81. The summed E-state index contributed by atoms with van der Waals surface area (Å²) in [5, 5.41) is 11.2. The first-order chi connectivity index (χ1) is 13.4. The van der Waals surface area contributed by atoms with Crippen LogP contribution in [0.25, 0.3) is 0 Å². The fourth-order valence-corrected chi connectivity index (χ4v) is 2.70. The maximum absolute atomic E-state index is 11.2. The number of hydrogen-bond acceptors (Lipinski definition) is 5. The maximum atomic E-state index is 11.2. The molecule has 0 spiro atoms. The number of rotatable bonds is 1. The molecule has 6 heteroatoms. The third-order valence-corrected chi connectivity index (χ3v) is 4.36. The first-order valence-corrected chi connectivity index (χ1v) is 9.02. The Balaban J connectivity index is 1.86. The van der Waals surface area contributed by atoms with E-state index in [1.54, 1.807) is 30.3 Å².